The third-order valence-corrected chi connectivity index (χ3v) is 5.20. The summed E-state index contributed by atoms with van der Waals surface area (Å²) in [5.41, 5.74) is 0. The first-order chi connectivity index (χ1) is 9.82. The first-order valence-electron chi connectivity index (χ1n) is 6.77. The lowest BCUT2D eigenvalue weighted by Crippen LogP contribution is -2.49. The molecular formula is C12H22N2O6S. The van der Waals surface area contributed by atoms with Crippen molar-refractivity contribution in [3.63, 3.8) is 0 Å². The number of methoxy groups -OCH3 is 1. The molecule has 0 aromatic heterocycles. The Bertz CT molecular complexity index is 478. The van der Waals surface area contributed by atoms with Gasteiger partial charge in [0.2, 0.25) is 0 Å². The molecule has 1 unspecified atom stereocenters. The van der Waals surface area contributed by atoms with Crippen LogP contribution in [0.2, 0.25) is 0 Å². The van der Waals surface area contributed by atoms with E-state index in [4.69, 9.17) is 4.74 Å². The van der Waals surface area contributed by atoms with Crippen LogP contribution in [0.15, 0.2) is 0 Å². The third kappa shape index (κ3) is 4.65. The molecule has 1 aliphatic rings. The summed E-state index contributed by atoms with van der Waals surface area (Å²) < 4.78 is 36.2. The predicted molar refractivity (Wildman–Crippen MR) is 74.5 cm³/mol. The molecular weight excluding hydrogens is 300 g/mol. The van der Waals surface area contributed by atoms with Gasteiger partial charge in [-0.2, -0.15) is 17.0 Å². The van der Waals surface area contributed by atoms with E-state index in [9.17, 15) is 18.0 Å². The van der Waals surface area contributed by atoms with Crippen molar-refractivity contribution in [2.24, 2.45) is 5.92 Å². The van der Waals surface area contributed by atoms with E-state index in [-0.39, 0.29) is 25.7 Å². The summed E-state index contributed by atoms with van der Waals surface area (Å²) in [6.07, 6.45) is 1.18. The number of nitrogens with zero attached hydrogens (tertiary/aromatic N) is 2. The average Bonchev–Trinajstić information content (AvgIpc) is 2.47. The normalized spacial score (nSPS) is 20.3. The van der Waals surface area contributed by atoms with Gasteiger partial charge in [0.15, 0.2) is 0 Å². The van der Waals surface area contributed by atoms with Gasteiger partial charge >= 0.3 is 11.9 Å². The van der Waals surface area contributed by atoms with Crippen molar-refractivity contribution >= 4 is 22.1 Å². The van der Waals surface area contributed by atoms with Gasteiger partial charge in [-0.05, 0) is 19.8 Å². The largest absolute Gasteiger partial charge is 0.468 e. The number of esters is 2. The molecule has 0 N–H and O–H groups in total. The van der Waals surface area contributed by atoms with Crippen LogP contribution >= 0.6 is 0 Å². The van der Waals surface area contributed by atoms with Gasteiger partial charge in [0.1, 0.15) is 6.54 Å². The zero-order valence-corrected chi connectivity index (χ0v) is 13.4. The first kappa shape index (κ1) is 17.9. The standard InChI is InChI=1S/C12H22N2O6S/c1-4-20-12(16)10-6-5-7-14(8-10)21(17,18)13(2)9-11(15)19-3/h10H,4-9H2,1-3H3. The molecule has 0 saturated carbocycles. The van der Waals surface area contributed by atoms with Crippen LogP contribution in [0.1, 0.15) is 19.8 Å². The average molecular weight is 322 g/mol. The summed E-state index contributed by atoms with van der Waals surface area (Å²) in [7, 11) is -1.29. The number of carbonyl (C=O) groups excluding carboxylic acids is 2. The smallest absolute Gasteiger partial charge is 0.321 e. The Morgan fingerprint density at radius 2 is 2.05 bits per heavy atom. The summed E-state index contributed by atoms with van der Waals surface area (Å²) in [5.74, 6) is -1.48. The maximum atomic E-state index is 12.4. The minimum Gasteiger partial charge on any atom is -0.468 e. The molecule has 0 radical (unpaired) electrons. The van der Waals surface area contributed by atoms with Gasteiger partial charge in [-0.25, -0.2) is 0 Å². The number of carbonyl (C=O) groups is 2. The molecule has 122 valence electrons. The van der Waals surface area contributed by atoms with Crippen LogP contribution in [-0.4, -0.2) is 69.4 Å². The lowest BCUT2D eigenvalue weighted by atomic mass is 10.0. The van der Waals surface area contributed by atoms with Gasteiger partial charge in [0.25, 0.3) is 10.2 Å². The zero-order chi connectivity index (χ0) is 16.0. The van der Waals surface area contributed by atoms with Crippen molar-refractivity contribution in [2.75, 3.05) is 40.4 Å². The Labute approximate surface area is 125 Å². The fraction of sp³-hybridized carbons (Fsp3) is 0.833. The summed E-state index contributed by atoms with van der Waals surface area (Å²) in [5, 5.41) is 0. The molecule has 0 aromatic rings. The Morgan fingerprint density at radius 1 is 1.38 bits per heavy atom. The molecule has 1 saturated heterocycles. The molecule has 21 heavy (non-hydrogen) atoms. The molecule has 0 aliphatic carbocycles. The van der Waals surface area contributed by atoms with E-state index >= 15 is 0 Å². The van der Waals surface area contributed by atoms with E-state index in [0.29, 0.717) is 19.4 Å². The minimum atomic E-state index is -3.79. The molecule has 0 bridgehead atoms. The van der Waals surface area contributed by atoms with Gasteiger partial charge in [-0.1, -0.05) is 0 Å². The highest BCUT2D eigenvalue weighted by Crippen LogP contribution is 2.21. The molecule has 1 aliphatic heterocycles. The molecule has 0 amide bonds. The second kappa shape index (κ2) is 7.71. The van der Waals surface area contributed by atoms with E-state index in [2.05, 4.69) is 4.74 Å². The number of piperidine rings is 1. The van der Waals surface area contributed by atoms with Crippen molar-refractivity contribution in [1.82, 2.24) is 8.61 Å². The van der Waals surface area contributed by atoms with Crippen molar-refractivity contribution in [3.05, 3.63) is 0 Å². The second-order valence-electron chi connectivity index (χ2n) is 4.79. The van der Waals surface area contributed by atoms with Gasteiger partial charge in [-0.15, -0.1) is 0 Å². The number of hydrogen-bond acceptors (Lipinski definition) is 6. The van der Waals surface area contributed by atoms with Gasteiger partial charge in [0, 0.05) is 20.1 Å². The van der Waals surface area contributed by atoms with Crippen LogP contribution in [0, 0.1) is 5.92 Å². The third-order valence-electron chi connectivity index (χ3n) is 3.30. The Balaban J connectivity index is 2.74. The predicted octanol–water partition coefficient (Wildman–Crippen LogP) is -0.389. The van der Waals surface area contributed by atoms with E-state index in [0.717, 1.165) is 4.31 Å². The highest BCUT2D eigenvalue weighted by Gasteiger charge is 2.35. The van der Waals surface area contributed by atoms with Crippen molar-refractivity contribution in [3.8, 4) is 0 Å². The van der Waals surface area contributed by atoms with Crippen LogP contribution in [0.4, 0.5) is 0 Å². The van der Waals surface area contributed by atoms with Crippen LogP contribution in [0.3, 0.4) is 0 Å². The molecule has 1 atom stereocenters. The number of likely N-dealkylation sites (N-methyl/N-ethyl adjacent to an activating group) is 1. The fourth-order valence-corrected chi connectivity index (χ4v) is 3.52. The molecule has 9 heteroatoms. The highest BCUT2D eigenvalue weighted by molar-refractivity contribution is 7.86. The second-order valence-corrected chi connectivity index (χ2v) is 6.82. The summed E-state index contributed by atoms with van der Waals surface area (Å²) in [6.45, 7) is 2.01. The molecule has 1 heterocycles. The quantitative estimate of drug-likeness (QED) is 0.618. The Morgan fingerprint density at radius 3 is 2.62 bits per heavy atom. The fourth-order valence-electron chi connectivity index (χ4n) is 2.13. The molecule has 1 rings (SSSR count). The van der Waals surface area contributed by atoms with E-state index < -0.39 is 22.1 Å². The van der Waals surface area contributed by atoms with Gasteiger partial charge in [-0.3, -0.25) is 9.59 Å². The van der Waals surface area contributed by atoms with Crippen LogP contribution < -0.4 is 0 Å². The van der Waals surface area contributed by atoms with Crippen molar-refractivity contribution < 1.29 is 27.5 Å². The molecule has 8 nitrogen and oxygen atoms in total. The molecule has 1 fully saturated rings. The SMILES string of the molecule is CCOC(=O)C1CCCN(S(=O)(=O)N(C)CC(=O)OC)C1. The van der Waals surface area contributed by atoms with Crippen molar-refractivity contribution in [2.45, 2.75) is 19.8 Å². The van der Waals surface area contributed by atoms with Gasteiger partial charge < -0.3 is 9.47 Å². The van der Waals surface area contributed by atoms with Crippen LogP contribution in [-0.2, 0) is 29.3 Å². The van der Waals surface area contributed by atoms with E-state index in [1.165, 1.54) is 18.5 Å². The monoisotopic (exact) mass is 322 g/mol. The molecule has 0 aromatic carbocycles. The lowest BCUT2D eigenvalue weighted by molar-refractivity contribution is -0.149. The first-order valence-corrected chi connectivity index (χ1v) is 8.17. The van der Waals surface area contributed by atoms with E-state index in [1.54, 1.807) is 6.92 Å². The summed E-state index contributed by atoms with van der Waals surface area (Å²) in [4.78, 5) is 22.9. The maximum Gasteiger partial charge on any atom is 0.321 e. The minimum absolute atomic E-state index is 0.0761. The highest BCUT2D eigenvalue weighted by atomic mass is 32.2. The number of rotatable bonds is 6. The lowest BCUT2D eigenvalue weighted by Gasteiger charge is -2.33. The molecule has 0 spiro atoms. The van der Waals surface area contributed by atoms with Crippen LogP contribution in [0.25, 0.3) is 0 Å². The van der Waals surface area contributed by atoms with Crippen LogP contribution in [0.5, 0.6) is 0 Å². The Hall–Kier alpha value is -1.19. The topological polar surface area (TPSA) is 93.2 Å². The Kier molecular flexibility index (Phi) is 6.56. The zero-order valence-electron chi connectivity index (χ0n) is 12.6. The van der Waals surface area contributed by atoms with Crippen molar-refractivity contribution in [1.29, 1.82) is 0 Å². The maximum absolute atomic E-state index is 12.4. The summed E-state index contributed by atoms with van der Waals surface area (Å²) >= 11 is 0. The van der Waals surface area contributed by atoms with E-state index in [1.807, 2.05) is 0 Å². The summed E-state index contributed by atoms with van der Waals surface area (Å²) in [6, 6.07) is 0. The number of hydrogen-bond donors (Lipinski definition) is 0. The number of ether oxygens (including phenoxy) is 2. The van der Waals surface area contributed by atoms with Gasteiger partial charge in [0.05, 0.1) is 19.6 Å².